The third kappa shape index (κ3) is 1.98. The zero-order chi connectivity index (χ0) is 14.2. The monoisotopic (exact) mass is 290 g/mol. The molecular formula is C17H26N2O2. The maximum Gasteiger partial charge on any atom is 0.236 e. The lowest BCUT2D eigenvalue weighted by Gasteiger charge is -2.60. The zero-order valence-corrected chi connectivity index (χ0v) is 12.7. The molecule has 1 aliphatic heterocycles. The molecule has 0 aromatic rings. The van der Waals surface area contributed by atoms with Crippen molar-refractivity contribution >= 4 is 5.91 Å². The minimum atomic E-state index is -0.435. The summed E-state index contributed by atoms with van der Waals surface area (Å²) in [7, 11) is 0. The number of hydrogen-bond acceptors (Lipinski definition) is 3. The Hall–Kier alpha value is -0.610. The van der Waals surface area contributed by atoms with E-state index in [-0.39, 0.29) is 5.54 Å². The molecule has 1 saturated heterocycles. The molecule has 1 heterocycles. The third-order valence-electron chi connectivity index (χ3n) is 6.99. The van der Waals surface area contributed by atoms with Crippen molar-refractivity contribution in [1.29, 1.82) is 0 Å². The highest BCUT2D eigenvalue weighted by Crippen LogP contribution is 2.57. The van der Waals surface area contributed by atoms with E-state index < -0.39 is 5.60 Å². The van der Waals surface area contributed by atoms with Crippen LogP contribution in [0, 0.1) is 17.8 Å². The van der Waals surface area contributed by atoms with Gasteiger partial charge < -0.3 is 15.3 Å². The molecule has 0 aromatic heterocycles. The highest BCUT2D eigenvalue weighted by atomic mass is 16.3. The van der Waals surface area contributed by atoms with Crippen LogP contribution in [0.5, 0.6) is 0 Å². The Kier molecular flexibility index (Phi) is 2.47. The molecule has 0 spiro atoms. The quantitative estimate of drug-likeness (QED) is 0.823. The van der Waals surface area contributed by atoms with Gasteiger partial charge in [0.1, 0.15) is 0 Å². The first-order valence-electron chi connectivity index (χ1n) is 8.81. The Balaban J connectivity index is 1.27. The largest absolute Gasteiger partial charge is 0.390 e. The fraction of sp³-hybridized carbons (Fsp3) is 0.941. The van der Waals surface area contributed by atoms with Gasteiger partial charge >= 0.3 is 0 Å². The molecule has 6 fully saturated rings. The van der Waals surface area contributed by atoms with Gasteiger partial charge in [0.25, 0.3) is 0 Å². The Bertz CT molecular complexity index is 477. The van der Waals surface area contributed by atoms with Crippen LogP contribution >= 0.6 is 0 Å². The minimum absolute atomic E-state index is 0.0527. The molecule has 4 bridgehead atoms. The number of carbonyl (C=O) groups is 1. The molecule has 2 unspecified atom stereocenters. The first kappa shape index (κ1) is 12.9. The van der Waals surface area contributed by atoms with E-state index in [1.54, 1.807) is 0 Å². The van der Waals surface area contributed by atoms with Gasteiger partial charge in [0.05, 0.1) is 12.1 Å². The molecule has 4 heteroatoms. The first-order chi connectivity index (χ1) is 10.0. The van der Waals surface area contributed by atoms with Crippen molar-refractivity contribution in [2.75, 3.05) is 13.1 Å². The number of piperidine rings is 1. The fourth-order valence-electron chi connectivity index (χ4n) is 6.49. The molecule has 2 N–H and O–H groups in total. The molecule has 116 valence electrons. The molecule has 21 heavy (non-hydrogen) atoms. The van der Waals surface area contributed by atoms with Crippen molar-refractivity contribution in [2.45, 2.75) is 68.5 Å². The van der Waals surface area contributed by atoms with E-state index in [9.17, 15) is 9.90 Å². The van der Waals surface area contributed by atoms with Gasteiger partial charge in [0.2, 0.25) is 5.91 Å². The smallest absolute Gasteiger partial charge is 0.236 e. The minimum Gasteiger partial charge on any atom is -0.390 e. The lowest BCUT2D eigenvalue weighted by molar-refractivity contribution is -0.147. The van der Waals surface area contributed by atoms with E-state index in [1.165, 1.54) is 32.1 Å². The lowest BCUT2D eigenvalue weighted by atomic mass is 9.51. The summed E-state index contributed by atoms with van der Waals surface area (Å²) in [4.78, 5) is 14.6. The molecule has 5 saturated carbocycles. The van der Waals surface area contributed by atoms with Gasteiger partial charge in [-0.2, -0.15) is 0 Å². The van der Waals surface area contributed by atoms with E-state index >= 15 is 0 Å². The maximum absolute atomic E-state index is 12.5. The fourth-order valence-corrected chi connectivity index (χ4v) is 6.49. The van der Waals surface area contributed by atoms with E-state index in [1.807, 2.05) is 0 Å². The number of aliphatic hydroxyl groups is 1. The average Bonchev–Trinajstić information content (AvgIpc) is 3.04. The molecule has 6 rings (SSSR count). The van der Waals surface area contributed by atoms with Crippen molar-refractivity contribution in [2.24, 2.45) is 17.8 Å². The van der Waals surface area contributed by atoms with Crippen LogP contribution in [0.15, 0.2) is 0 Å². The van der Waals surface area contributed by atoms with E-state index in [4.69, 9.17) is 0 Å². The highest BCUT2D eigenvalue weighted by Gasteiger charge is 2.57. The van der Waals surface area contributed by atoms with Gasteiger partial charge in [-0.25, -0.2) is 0 Å². The second-order valence-electron chi connectivity index (χ2n) is 8.76. The van der Waals surface area contributed by atoms with Crippen molar-refractivity contribution in [3.63, 3.8) is 0 Å². The Morgan fingerprint density at radius 3 is 2.52 bits per heavy atom. The molecule has 4 atom stereocenters. The Labute approximate surface area is 126 Å². The number of hydrogen-bond donors (Lipinski definition) is 2. The maximum atomic E-state index is 12.5. The Morgan fingerprint density at radius 1 is 1.19 bits per heavy atom. The van der Waals surface area contributed by atoms with Gasteiger partial charge in [0.15, 0.2) is 0 Å². The number of nitrogens with zero attached hydrogens (tertiary/aromatic N) is 1. The van der Waals surface area contributed by atoms with Crippen molar-refractivity contribution in [1.82, 2.24) is 10.2 Å². The Morgan fingerprint density at radius 2 is 1.95 bits per heavy atom. The van der Waals surface area contributed by atoms with Crippen LogP contribution < -0.4 is 5.32 Å². The highest BCUT2D eigenvalue weighted by molar-refractivity contribution is 5.79. The van der Waals surface area contributed by atoms with E-state index in [0.717, 1.165) is 31.7 Å². The first-order valence-corrected chi connectivity index (χ1v) is 8.81. The second kappa shape index (κ2) is 4.02. The van der Waals surface area contributed by atoms with Crippen LogP contribution in [0.2, 0.25) is 0 Å². The summed E-state index contributed by atoms with van der Waals surface area (Å²) in [6.45, 7) is 1.46. The van der Waals surface area contributed by atoms with Gasteiger partial charge in [-0.1, -0.05) is 0 Å². The summed E-state index contributed by atoms with van der Waals surface area (Å²) < 4.78 is 0. The molecular weight excluding hydrogens is 264 g/mol. The number of rotatable bonds is 3. The van der Waals surface area contributed by atoms with Gasteiger partial charge in [-0.3, -0.25) is 4.79 Å². The number of nitrogens with one attached hydrogen (secondary N) is 1. The van der Waals surface area contributed by atoms with E-state index in [2.05, 4.69) is 10.2 Å². The predicted octanol–water partition coefficient (Wildman–Crippen LogP) is 1.28. The van der Waals surface area contributed by atoms with Crippen molar-refractivity contribution in [3.8, 4) is 0 Å². The van der Waals surface area contributed by atoms with Crippen LogP contribution in [0.25, 0.3) is 0 Å². The number of amides is 1. The lowest BCUT2D eigenvalue weighted by Crippen LogP contribution is -2.65. The van der Waals surface area contributed by atoms with Crippen molar-refractivity contribution < 1.29 is 9.90 Å². The summed E-state index contributed by atoms with van der Waals surface area (Å²) in [5, 5.41) is 14.4. The van der Waals surface area contributed by atoms with Crippen LogP contribution in [-0.4, -0.2) is 46.2 Å². The molecule has 1 amide bonds. The van der Waals surface area contributed by atoms with Crippen molar-refractivity contribution in [3.05, 3.63) is 0 Å². The van der Waals surface area contributed by atoms with Crippen LogP contribution in [-0.2, 0) is 4.79 Å². The van der Waals surface area contributed by atoms with Crippen LogP contribution in [0.4, 0.5) is 0 Å². The van der Waals surface area contributed by atoms with Crippen LogP contribution in [0.3, 0.4) is 0 Å². The standard InChI is InChI=1S/C17H26N2O2/c20-15(19-2-1-13-4-14(13)19)9-18-16-5-11-3-12(6-16)8-17(21,7-11)10-16/h11-14,18,21H,1-10H2/t11?,12?,13-,14+,16?,17?/m1/s1. The summed E-state index contributed by atoms with van der Waals surface area (Å²) in [6.07, 6.45) is 8.96. The zero-order valence-electron chi connectivity index (χ0n) is 12.7. The summed E-state index contributed by atoms with van der Waals surface area (Å²) >= 11 is 0. The van der Waals surface area contributed by atoms with E-state index in [0.29, 0.717) is 30.3 Å². The normalized spacial score (nSPS) is 53.1. The molecule has 6 aliphatic rings. The molecule has 0 aromatic carbocycles. The SMILES string of the molecule is O=C(CNC12CC3CC(CC(O)(C3)C1)C2)N1CC[C@@H]2C[C@@H]21. The second-order valence-corrected chi connectivity index (χ2v) is 8.76. The summed E-state index contributed by atoms with van der Waals surface area (Å²) in [6, 6.07) is 0.569. The number of carbonyl (C=O) groups excluding carboxylic acids is 1. The third-order valence-corrected chi connectivity index (χ3v) is 6.99. The molecule has 4 nitrogen and oxygen atoms in total. The molecule has 5 aliphatic carbocycles. The van der Waals surface area contributed by atoms with Gasteiger partial charge in [-0.05, 0) is 69.1 Å². The van der Waals surface area contributed by atoms with Crippen LogP contribution in [0.1, 0.15) is 51.4 Å². The van der Waals surface area contributed by atoms with Gasteiger partial charge in [0, 0.05) is 18.1 Å². The summed E-state index contributed by atoms with van der Waals surface area (Å²) in [5.74, 6) is 2.47. The van der Waals surface area contributed by atoms with Gasteiger partial charge in [-0.15, -0.1) is 0 Å². The average molecular weight is 290 g/mol. The topological polar surface area (TPSA) is 52.6 Å². The molecule has 0 radical (unpaired) electrons. The summed E-state index contributed by atoms with van der Waals surface area (Å²) in [5.41, 5.74) is -0.382. The number of likely N-dealkylation sites (tertiary alicyclic amines) is 1. The predicted molar refractivity (Wildman–Crippen MR) is 78.6 cm³/mol. The number of fused-ring (bicyclic) bond motifs is 1.